The van der Waals surface area contributed by atoms with E-state index in [-0.39, 0.29) is 0 Å². The van der Waals surface area contributed by atoms with Crippen molar-refractivity contribution >= 4 is 28.9 Å². The minimum Gasteiger partial charge on any atom is -0.371 e. The first kappa shape index (κ1) is 12.6. The summed E-state index contributed by atoms with van der Waals surface area (Å²) in [5, 5.41) is 1.44. The van der Waals surface area contributed by atoms with Crippen LogP contribution in [-0.2, 0) is 0 Å². The Kier molecular flexibility index (Phi) is 5.23. The predicted octanol–water partition coefficient (Wildman–Crippen LogP) is 3.17. The summed E-state index contributed by atoms with van der Waals surface area (Å²) in [5.74, 6) is 0. The molecule has 0 aromatic heterocycles. The molecule has 15 heavy (non-hydrogen) atoms. The fourth-order valence-electron chi connectivity index (χ4n) is 1.46. The van der Waals surface area contributed by atoms with Gasteiger partial charge in [-0.1, -0.05) is 23.2 Å². The van der Waals surface area contributed by atoms with Crippen molar-refractivity contribution in [2.75, 3.05) is 24.5 Å². The third kappa shape index (κ3) is 3.56. The van der Waals surface area contributed by atoms with Gasteiger partial charge in [0.05, 0.1) is 10.7 Å². The van der Waals surface area contributed by atoms with Crippen molar-refractivity contribution in [2.24, 2.45) is 5.73 Å². The molecule has 0 fully saturated rings. The zero-order valence-corrected chi connectivity index (χ0v) is 10.4. The third-order valence-corrected chi connectivity index (χ3v) is 2.82. The number of nitrogens with zero attached hydrogens (tertiary/aromatic N) is 1. The number of hydrogen-bond donors (Lipinski definition) is 1. The van der Waals surface area contributed by atoms with Crippen molar-refractivity contribution in [1.82, 2.24) is 0 Å². The molecule has 0 radical (unpaired) electrons. The Balaban J connectivity index is 2.85. The SMILES string of the molecule is CCN(CCCN)c1cc(Cl)ccc1Cl. The first-order chi connectivity index (χ1) is 7.19. The Morgan fingerprint density at radius 1 is 1.33 bits per heavy atom. The molecule has 0 aliphatic heterocycles. The number of nitrogens with two attached hydrogens (primary N) is 1. The Hall–Kier alpha value is -0.440. The average Bonchev–Trinajstić information content (AvgIpc) is 2.24. The molecular formula is C11H16Cl2N2. The molecule has 0 spiro atoms. The Morgan fingerprint density at radius 2 is 2.07 bits per heavy atom. The van der Waals surface area contributed by atoms with E-state index >= 15 is 0 Å². The van der Waals surface area contributed by atoms with Gasteiger partial charge in [0.25, 0.3) is 0 Å². The lowest BCUT2D eigenvalue weighted by atomic mass is 10.2. The van der Waals surface area contributed by atoms with Crippen molar-refractivity contribution < 1.29 is 0 Å². The van der Waals surface area contributed by atoms with Gasteiger partial charge in [-0.25, -0.2) is 0 Å². The van der Waals surface area contributed by atoms with Crippen LogP contribution in [0.1, 0.15) is 13.3 Å². The highest BCUT2D eigenvalue weighted by atomic mass is 35.5. The van der Waals surface area contributed by atoms with Crippen LogP contribution in [-0.4, -0.2) is 19.6 Å². The van der Waals surface area contributed by atoms with E-state index in [1.165, 1.54) is 0 Å². The van der Waals surface area contributed by atoms with Gasteiger partial charge in [-0.15, -0.1) is 0 Å². The van der Waals surface area contributed by atoms with E-state index in [9.17, 15) is 0 Å². The molecule has 1 rings (SSSR count). The molecule has 0 aliphatic carbocycles. The first-order valence-electron chi connectivity index (χ1n) is 5.09. The largest absolute Gasteiger partial charge is 0.371 e. The van der Waals surface area contributed by atoms with Gasteiger partial charge in [0.2, 0.25) is 0 Å². The summed E-state index contributed by atoms with van der Waals surface area (Å²) in [6.07, 6.45) is 0.955. The average molecular weight is 247 g/mol. The summed E-state index contributed by atoms with van der Waals surface area (Å²) in [7, 11) is 0. The quantitative estimate of drug-likeness (QED) is 0.865. The van der Waals surface area contributed by atoms with E-state index in [1.54, 1.807) is 6.07 Å². The fourth-order valence-corrected chi connectivity index (χ4v) is 1.86. The van der Waals surface area contributed by atoms with Crippen LogP contribution in [0.25, 0.3) is 0 Å². The highest BCUT2D eigenvalue weighted by molar-refractivity contribution is 6.35. The van der Waals surface area contributed by atoms with E-state index in [1.807, 2.05) is 12.1 Å². The number of rotatable bonds is 5. The molecule has 1 aromatic carbocycles. The van der Waals surface area contributed by atoms with Gasteiger partial charge in [0, 0.05) is 18.1 Å². The molecule has 0 saturated carbocycles. The smallest absolute Gasteiger partial charge is 0.0640 e. The molecule has 1 aromatic rings. The zero-order chi connectivity index (χ0) is 11.3. The number of hydrogen-bond acceptors (Lipinski definition) is 2. The summed E-state index contributed by atoms with van der Waals surface area (Å²) in [6.45, 7) is 4.59. The molecule has 2 nitrogen and oxygen atoms in total. The van der Waals surface area contributed by atoms with Crippen LogP contribution in [0.4, 0.5) is 5.69 Å². The lowest BCUT2D eigenvalue weighted by Crippen LogP contribution is -2.25. The summed E-state index contributed by atoms with van der Waals surface area (Å²) in [6, 6.07) is 5.51. The van der Waals surface area contributed by atoms with Crippen LogP contribution in [0.2, 0.25) is 10.0 Å². The van der Waals surface area contributed by atoms with Gasteiger partial charge in [0.1, 0.15) is 0 Å². The van der Waals surface area contributed by atoms with Gasteiger partial charge >= 0.3 is 0 Å². The second-order valence-corrected chi connectivity index (χ2v) is 4.16. The fraction of sp³-hybridized carbons (Fsp3) is 0.455. The predicted molar refractivity (Wildman–Crippen MR) is 68.0 cm³/mol. The first-order valence-corrected chi connectivity index (χ1v) is 5.84. The number of benzene rings is 1. The monoisotopic (exact) mass is 246 g/mol. The highest BCUT2D eigenvalue weighted by Gasteiger charge is 2.08. The van der Waals surface area contributed by atoms with Crippen molar-refractivity contribution in [3.63, 3.8) is 0 Å². The summed E-state index contributed by atoms with van der Waals surface area (Å²) >= 11 is 12.1. The lowest BCUT2D eigenvalue weighted by molar-refractivity contribution is 0.754. The maximum Gasteiger partial charge on any atom is 0.0640 e. The van der Waals surface area contributed by atoms with Crippen LogP contribution in [0.5, 0.6) is 0 Å². The summed E-state index contributed by atoms with van der Waals surface area (Å²) < 4.78 is 0. The summed E-state index contributed by atoms with van der Waals surface area (Å²) in [4.78, 5) is 2.18. The van der Waals surface area contributed by atoms with Gasteiger partial charge in [-0.3, -0.25) is 0 Å². The van der Waals surface area contributed by atoms with Gasteiger partial charge in [0.15, 0.2) is 0 Å². The molecular weight excluding hydrogens is 231 g/mol. The normalized spacial score (nSPS) is 10.4. The second-order valence-electron chi connectivity index (χ2n) is 3.32. The van der Waals surface area contributed by atoms with Crippen LogP contribution in [0.3, 0.4) is 0 Å². The van der Waals surface area contributed by atoms with E-state index in [2.05, 4.69) is 11.8 Å². The standard InChI is InChI=1S/C11H16Cl2N2/c1-2-15(7-3-6-14)11-8-9(12)4-5-10(11)13/h4-5,8H,2-3,6-7,14H2,1H3. The molecule has 0 saturated heterocycles. The van der Waals surface area contributed by atoms with Crippen molar-refractivity contribution in [3.8, 4) is 0 Å². The van der Waals surface area contributed by atoms with E-state index in [0.717, 1.165) is 30.2 Å². The minimum atomic E-state index is 0.689. The maximum absolute atomic E-state index is 6.12. The lowest BCUT2D eigenvalue weighted by Gasteiger charge is -2.24. The van der Waals surface area contributed by atoms with E-state index in [4.69, 9.17) is 28.9 Å². The molecule has 0 aliphatic rings. The molecule has 2 N–H and O–H groups in total. The number of anilines is 1. The highest BCUT2D eigenvalue weighted by Crippen LogP contribution is 2.28. The number of halogens is 2. The third-order valence-electron chi connectivity index (χ3n) is 2.26. The van der Waals surface area contributed by atoms with E-state index in [0.29, 0.717) is 11.6 Å². The Morgan fingerprint density at radius 3 is 2.67 bits per heavy atom. The van der Waals surface area contributed by atoms with Gasteiger partial charge in [-0.2, -0.15) is 0 Å². The Labute approximate surface area is 101 Å². The van der Waals surface area contributed by atoms with Gasteiger partial charge < -0.3 is 10.6 Å². The maximum atomic E-state index is 6.12. The second kappa shape index (κ2) is 6.21. The Bertz CT molecular complexity index is 315. The molecule has 84 valence electrons. The van der Waals surface area contributed by atoms with Crippen LogP contribution >= 0.6 is 23.2 Å². The molecule has 0 atom stereocenters. The topological polar surface area (TPSA) is 29.3 Å². The van der Waals surface area contributed by atoms with Crippen LogP contribution in [0, 0.1) is 0 Å². The van der Waals surface area contributed by atoms with E-state index < -0.39 is 0 Å². The molecule has 4 heteroatoms. The molecule has 0 unspecified atom stereocenters. The zero-order valence-electron chi connectivity index (χ0n) is 8.84. The molecule has 0 heterocycles. The summed E-state index contributed by atoms with van der Waals surface area (Å²) in [5.41, 5.74) is 6.48. The molecule has 0 bridgehead atoms. The van der Waals surface area contributed by atoms with Gasteiger partial charge in [-0.05, 0) is 38.1 Å². The van der Waals surface area contributed by atoms with Crippen molar-refractivity contribution in [2.45, 2.75) is 13.3 Å². The molecule has 0 amide bonds. The van der Waals surface area contributed by atoms with Crippen LogP contribution < -0.4 is 10.6 Å². The van der Waals surface area contributed by atoms with Crippen molar-refractivity contribution in [1.29, 1.82) is 0 Å². The minimum absolute atomic E-state index is 0.689. The van der Waals surface area contributed by atoms with Crippen molar-refractivity contribution in [3.05, 3.63) is 28.2 Å². The van der Waals surface area contributed by atoms with Crippen LogP contribution in [0.15, 0.2) is 18.2 Å².